The Morgan fingerprint density at radius 3 is 1.68 bits per heavy atom. The van der Waals surface area contributed by atoms with Crippen molar-refractivity contribution in [2.75, 3.05) is 0 Å². The maximum Gasteiger partial charge on any atom is 0.0865 e. The van der Waals surface area contributed by atoms with Crippen molar-refractivity contribution in [2.24, 2.45) is 0 Å². The minimum absolute atomic E-state index is 0.0669. The Morgan fingerprint density at radius 1 is 0.357 bits per heavy atom. The summed E-state index contributed by atoms with van der Waals surface area (Å²) in [6.45, 7) is 2.18. The largest absolute Gasteiger partial charge is 0.309 e. The number of aryl methyl sites for hydroxylation is 1. The van der Waals surface area contributed by atoms with E-state index in [1.807, 2.05) is 0 Å². The predicted molar refractivity (Wildman–Crippen MR) is 232 cm³/mol. The summed E-state index contributed by atoms with van der Waals surface area (Å²) in [6, 6.07) is 72.3. The van der Waals surface area contributed by atoms with Crippen LogP contribution in [0.1, 0.15) is 40.8 Å². The molecule has 4 heteroatoms. The van der Waals surface area contributed by atoms with Gasteiger partial charge in [-0.3, -0.25) is 16.0 Å². The second kappa shape index (κ2) is 14.6. The fourth-order valence-corrected chi connectivity index (χ4v) is 8.43. The fourth-order valence-electron chi connectivity index (χ4n) is 8.43. The second-order valence-corrected chi connectivity index (χ2v) is 14.8. The summed E-state index contributed by atoms with van der Waals surface area (Å²) < 4.78 is 2.43. The summed E-state index contributed by atoms with van der Waals surface area (Å²) >= 11 is 0. The van der Waals surface area contributed by atoms with Crippen molar-refractivity contribution in [3.05, 3.63) is 222 Å². The Hall–Kier alpha value is -6.56. The highest BCUT2D eigenvalue weighted by atomic mass is 15.4. The molecule has 0 saturated carbocycles. The smallest absolute Gasteiger partial charge is 0.0865 e. The van der Waals surface area contributed by atoms with Crippen molar-refractivity contribution in [3.8, 4) is 39.1 Å². The summed E-state index contributed by atoms with van der Waals surface area (Å²) in [5.74, 6) is 0. The van der Waals surface area contributed by atoms with Crippen LogP contribution in [0.3, 0.4) is 0 Å². The Bertz CT molecular complexity index is 2820. The molecule has 1 saturated heterocycles. The molecule has 1 aromatic heterocycles. The van der Waals surface area contributed by atoms with Crippen molar-refractivity contribution in [3.63, 3.8) is 0 Å². The maximum absolute atomic E-state index is 3.93. The van der Waals surface area contributed by atoms with E-state index >= 15 is 0 Å². The number of fused-ring (bicyclic) bond motifs is 3. The molecule has 8 aromatic carbocycles. The van der Waals surface area contributed by atoms with E-state index < -0.39 is 0 Å². The van der Waals surface area contributed by atoms with Gasteiger partial charge in [-0.15, -0.1) is 0 Å². The third-order valence-corrected chi connectivity index (χ3v) is 11.2. The van der Waals surface area contributed by atoms with Gasteiger partial charge in [-0.1, -0.05) is 164 Å². The topological polar surface area (TPSA) is 41.0 Å². The number of hydrogen-bond acceptors (Lipinski definition) is 3. The zero-order valence-electron chi connectivity index (χ0n) is 31.2. The number of nitrogens with zero attached hydrogens (tertiary/aromatic N) is 1. The average molecular weight is 723 g/mol. The summed E-state index contributed by atoms with van der Waals surface area (Å²) in [5.41, 5.74) is 15.6. The van der Waals surface area contributed by atoms with E-state index in [0.29, 0.717) is 0 Å². The third-order valence-electron chi connectivity index (χ3n) is 11.2. The molecule has 0 aliphatic carbocycles. The van der Waals surface area contributed by atoms with Crippen molar-refractivity contribution in [2.45, 2.75) is 25.4 Å². The minimum Gasteiger partial charge on any atom is -0.309 e. The number of hydrogen-bond donors (Lipinski definition) is 3. The quantitative estimate of drug-likeness (QED) is 0.153. The van der Waals surface area contributed by atoms with Crippen LogP contribution in [0, 0.1) is 6.92 Å². The molecule has 1 aliphatic heterocycles. The first kappa shape index (κ1) is 34.0. The van der Waals surface area contributed by atoms with Gasteiger partial charge < -0.3 is 4.57 Å². The molecular weight excluding hydrogens is 681 g/mol. The molecule has 1 fully saturated rings. The monoisotopic (exact) mass is 722 g/mol. The Morgan fingerprint density at radius 2 is 0.893 bits per heavy atom. The lowest BCUT2D eigenvalue weighted by Crippen LogP contribution is -2.54. The van der Waals surface area contributed by atoms with Gasteiger partial charge in [-0.2, -0.15) is 0 Å². The van der Waals surface area contributed by atoms with Crippen LogP contribution in [-0.2, 0) is 0 Å². The van der Waals surface area contributed by atoms with Gasteiger partial charge in [0, 0.05) is 16.5 Å². The molecule has 0 amide bonds. The van der Waals surface area contributed by atoms with Crippen LogP contribution >= 0.6 is 0 Å². The highest BCUT2D eigenvalue weighted by Gasteiger charge is 2.30. The molecule has 3 atom stereocenters. The van der Waals surface area contributed by atoms with Crippen LogP contribution in [0.2, 0.25) is 0 Å². The van der Waals surface area contributed by atoms with E-state index in [4.69, 9.17) is 0 Å². The summed E-state index contributed by atoms with van der Waals surface area (Å²) in [4.78, 5) is 0. The van der Waals surface area contributed by atoms with Crippen LogP contribution in [-0.4, -0.2) is 4.57 Å². The van der Waals surface area contributed by atoms with Crippen molar-refractivity contribution < 1.29 is 0 Å². The highest BCUT2D eigenvalue weighted by molar-refractivity contribution is 6.10. The van der Waals surface area contributed by atoms with Gasteiger partial charge in [0.15, 0.2) is 0 Å². The third kappa shape index (κ3) is 6.40. The first-order valence-electron chi connectivity index (χ1n) is 19.4. The molecule has 3 unspecified atom stereocenters. The van der Waals surface area contributed by atoms with Gasteiger partial charge in [0.05, 0.1) is 29.5 Å². The van der Waals surface area contributed by atoms with Gasteiger partial charge in [0.25, 0.3) is 0 Å². The van der Waals surface area contributed by atoms with Crippen molar-refractivity contribution in [1.82, 2.24) is 20.5 Å². The predicted octanol–water partition coefficient (Wildman–Crippen LogP) is 12.3. The Kier molecular flexibility index (Phi) is 8.85. The van der Waals surface area contributed by atoms with Crippen molar-refractivity contribution >= 4 is 21.8 Å². The fraction of sp³-hybridized carbons (Fsp3) is 0.0769. The van der Waals surface area contributed by atoms with E-state index in [0.717, 1.165) is 5.69 Å². The number of nitrogens with one attached hydrogen (secondary N) is 3. The summed E-state index contributed by atoms with van der Waals surface area (Å²) in [7, 11) is 0. The summed E-state index contributed by atoms with van der Waals surface area (Å²) in [6.07, 6.45) is -0.285. The number of aromatic nitrogens is 1. The molecule has 0 bridgehead atoms. The molecule has 56 heavy (non-hydrogen) atoms. The van der Waals surface area contributed by atoms with Crippen LogP contribution in [0.5, 0.6) is 0 Å². The molecule has 0 spiro atoms. The van der Waals surface area contributed by atoms with Gasteiger partial charge in [0.1, 0.15) is 0 Å². The summed E-state index contributed by atoms with van der Waals surface area (Å²) in [5, 5.41) is 14.2. The van der Waals surface area contributed by atoms with Gasteiger partial charge in [-0.05, 0) is 99.0 Å². The van der Waals surface area contributed by atoms with Crippen LogP contribution < -0.4 is 16.0 Å². The van der Waals surface area contributed by atoms with Crippen LogP contribution in [0.4, 0.5) is 0 Å². The Balaban J connectivity index is 1.05. The second-order valence-electron chi connectivity index (χ2n) is 14.8. The number of benzene rings is 8. The molecule has 270 valence electrons. The van der Waals surface area contributed by atoms with Gasteiger partial charge in [0.2, 0.25) is 0 Å². The highest BCUT2D eigenvalue weighted by Crippen LogP contribution is 2.37. The van der Waals surface area contributed by atoms with E-state index in [1.165, 1.54) is 77.4 Å². The standard InChI is InChI=1S/C52H42N4/c1-35-15-8-9-26-45(35)41-22-12-21-39(31-41)40-29-30-47-46-27-10-11-28-48(46)56(49(47)34-40)44-25-14-24-43(33-44)52-54-50(37-18-6-3-7-19-37)53-51(55-52)42-23-13-20-38(32-42)36-16-4-2-5-17-36/h2-34,50-55H,1H3. The zero-order valence-corrected chi connectivity index (χ0v) is 31.2. The first-order chi connectivity index (χ1) is 27.7. The van der Waals surface area contributed by atoms with Crippen molar-refractivity contribution in [1.29, 1.82) is 0 Å². The maximum atomic E-state index is 3.93. The van der Waals surface area contributed by atoms with E-state index in [1.54, 1.807) is 0 Å². The normalized spacial score (nSPS) is 17.0. The molecule has 2 heterocycles. The zero-order chi connectivity index (χ0) is 37.4. The molecule has 3 N–H and O–H groups in total. The molecule has 0 radical (unpaired) electrons. The van der Waals surface area contributed by atoms with Crippen LogP contribution in [0.25, 0.3) is 60.9 Å². The Labute approximate surface area is 328 Å². The lowest BCUT2D eigenvalue weighted by Gasteiger charge is -2.40. The van der Waals surface area contributed by atoms with E-state index in [-0.39, 0.29) is 18.5 Å². The molecule has 9 aromatic rings. The van der Waals surface area contributed by atoms with E-state index in [2.05, 4.69) is 228 Å². The molecule has 1 aliphatic rings. The first-order valence-corrected chi connectivity index (χ1v) is 19.4. The molecule has 10 rings (SSSR count). The lowest BCUT2D eigenvalue weighted by atomic mass is 9.96. The van der Waals surface area contributed by atoms with Crippen LogP contribution in [0.15, 0.2) is 200 Å². The minimum atomic E-state index is -0.125. The average Bonchev–Trinajstić information content (AvgIpc) is 3.61. The SMILES string of the molecule is Cc1ccccc1-c1cccc(-c2ccc3c4ccccc4n(-c4cccc(C5NC(c6ccccc6)NC(c6cccc(-c7ccccc7)c6)N5)c4)c3c2)c1. The molecular formula is C52H42N4. The number of para-hydroxylation sites is 1. The van der Waals surface area contributed by atoms with E-state index in [9.17, 15) is 0 Å². The van der Waals surface area contributed by atoms with Gasteiger partial charge in [-0.25, -0.2) is 0 Å². The lowest BCUT2D eigenvalue weighted by molar-refractivity contribution is 0.203. The van der Waals surface area contributed by atoms with Gasteiger partial charge >= 0.3 is 0 Å². The number of rotatable bonds is 7. The molecule has 4 nitrogen and oxygen atoms in total.